The molecule has 1 aromatic heterocycles. The summed E-state index contributed by atoms with van der Waals surface area (Å²) in [6, 6.07) is 0.656. The van der Waals surface area contributed by atoms with Crippen molar-refractivity contribution >= 4 is 11.6 Å². The van der Waals surface area contributed by atoms with Crippen molar-refractivity contribution in [3.8, 4) is 0 Å². The quantitative estimate of drug-likeness (QED) is 0.715. The van der Waals surface area contributed by atoms with E-state index in [4.69, 9.17) is 5.73 Å². The average Bonchev–Trinajstić information content (AvgIpc) is 2.17. The summed E-state index contributed by atoms with van der Waals surface area (Å²) in [6.45, 7) is 4.15. The molecule has 0 fully saturated rings. The van der Waals surface area contributed by atoms with Crippen LogP contribution in [0.2, 0.25) is 0 Å². The molecule has 15 heavy (non-hydrogen) atoms. The Morgan fingerprint density at radius 3 is 2.87 bits per heavy atom. The Kier molecular flexibility index (Phi) is 3.43. The molecule has 3 N–H and O–H groups in total. The van der Waals surface area contributed by atoms with E-state index in [1.807, 2.05) is 6.92 Å². The Bertz CT molecular complexity index is 413. The average molecular weight is 210 g/mol. The molecule has 82 valence electrons. The first-order chi connectivity index (χ1) is 7.06. The van der Waals surface area contributed by atoms with Crippen LogP contribution in [0.25, 0.3) is 0 Å². The fourth-order valence-corrected chi connectivity index (χ4v) is 1.13. The number of hydrogen-bond acceptors (Lipinski definition) is 4. The van der Waals surface area contributed by atoms with E-state index in [-0.39, 0.29) is 5.56 Å². The van der Waals surface area contributed by atoms with E-state index in [1.165, 1.54) is 19.2 Å². The predicted molar refractivity (Wildman–Crippen MR) is 56.6 cm³/mol. The van der Waals surface area contributed by atoms with Crippen LogP contribution in [0.1, 0.15) is 19.9 Å². The molecule has 1 unspecified atom stereocenters. The number of nitrogens with zero attached hydrogens (tertiary/aromatic N) is 2. The molecule has 0 aliphatic carbocycles. The third kappa shape index (κ3) is 2.55. The van der Waals surface area contributed by atoms with Gasteiger partial charge in [-0.2, -0.15) is 5.10 Å². The Hall–Kier alpha value is -1.85. The van der Waals surface area contributed by atoms with Crippen molar-refractivity contribution in [2.24, 2.45) is 5.73 Å². The molecule has 0 spiro atoms. The molecule has 1 amide bonds. The lowest BCUT2D eigenvalue weighted by Crippen LogP contribution is -2.33. The topological polar surface area (TPSA) is 90.0 Å². The molecule has 1 atom stereocenters. The Morgan fingerprint density at radius 2 is 2.40 bits per heavy atom. The molecule has 0 aromatic carbocycles. The van der Waals surface area contributed by atoms with E-state index in [2.05, 4.69) is 10.4 Å². The second-order valence-corrected chi connectivity index (χ2v) is 3.14. The highest BCUT2D eigenvalue weighted by Gasteiger charge is 2.13. The highest BCUT2D eigenvalue weighted by atomic mass is 16.2. The Balaban J connectivity index is 3.03. The number of aromatic nitrogens is 2. The van der Waals surface area contributed by atoms with Gasteiger partial charge in [-0.15, -0.1) is 0 Å². The van der Waals surface area contributed by atoms with Gasteiger partial charge in [0.1, 0.15) is 6.04 Å². The second-order valence-electron chi connectivity index (χ2n) is 3.14. The lowest BCUT2D eigenvalue weighted by atomic mass is 10.3. The molecule has 0 aliphatic rings. The zero-order valence-electron chi connectivity index (χ0n) is 8.73. The largest absolute Gasteiger partial charge is 0.384 e. The minimum absolute atomic E-state index is 0.347. The first-order valence-corrected chi connectivity index (χ1v) is 4.68. The van der Waals surface area contributed by atoms with Crippen molar-refractivity contribution < 1.29 is 4.79 Å². The van der Waals surface area contributed by atoms with Gasteiger partial charge in [0.15, 0.2) is 0 Å². The molecule has 0 aliphatic heterocycles. The Morgan fingerprint density at radius 1 is 1.73 bits per heavy atom. The van der Waals surface area contributed by atoms with Crippen LogP contribution in [-0.4, -0.2) is 22.2 Å². The van der Waals surface area contributed by atoms with Gasteiger partial charge in [-0.1, -0.05) is 0 Å². The molecular formula is C9H14N4O2. The van der Waals surface area contributed by atoms with E-state index in [0.29, 0.717) is 12.2 Å². The lowest BCUT2D eigenvalue weighted by Gasteiger charge is -2.10. The van der Waals surface area contributed by atoms with Crippen molar-refractivity contribution in [2.45, 2.75) is 19.9 Å². The van der Waals surface area contributed by atoms with Crippen LogP contribution < -0.4 is 16.6 Å². The Labute approximate surface area is 87.1 Å². The lowest BCUT2D eigenvalue weighted by molar-refractivity contribution is -0.121. The number of carbonyl (C=O) groups excluding carboxylic acids is 1. The van der Waals surface area contributed by atoms with E-state index < -0.39 is 11.9 Å². The highest BCUT2D eigenvalue weighted by Crippen LogP contribution is 2.02. The minimum Gasteiger partial charge on any atom is -0.384 e. The maximum Gasteiger partial charge on any atom is 0.269 e. The van der Waals surface area contributed by atoms with Gasteiger partial charge < -0.3 is 11.1 Å². The van der Waals surface area contributed by atoms with Gasteiger partial charge in [-0.3, -0.25) is 9.59 Å². The highest BCUT2D eigenvalue weighted by molar-refractivity contribution is 5.77. The van der Waals surface area contributed by atoms with Gasteiger partial charge in [0.25, 0.3) is 5.56 Å². The fourth-order valence-electron chi connectivity index (χ4n) is 1.13. The smallest absolute Gasteiger partial charge is 0.269 e. The number of nitrogens with one attached hydrogen (secondary N) is 1. The summed E-state index contributed by atoms with van der Waals surface area (Å²) in [4.78, 5) is 22.4. The van der Waals surface area contributed by atoms with Crippen LogP contribution in [-0.2, 0) is 4.79 Å². The summed E-state index contributed by atoms with van der Waals surface area (Å²) >= 11 is 0. The number of amides is 1. The molecular weight excluding hydrogens is 196 g/mol. The van der Waals surface area contributed by atoms with Gasteiger partial charge in [-0.05, 0) is 13.8 Å². The van der Waals surface area contributed by atoms with Gasteiger partial charge in [-0.25, -0.2) is 4.68 Å². The first-order valence-electron chi connectivity index (χ1n) is 4.68. The summed E-state index contributed by atoms with van der Waals surface area (Å²) in [6.07, 6.45) is 1.49. The number of hydrogen-bond donors (Lipinski definition) is 2. The molecule has 0 radical (unpaired) electrons. The third-order valence-electron chi connectivity index (χ3n) is 1.99. The van der Waals surface area contributed by atoms with Crippen LogP contribution in [0.5, 0.6) is 0 Å². The third-order valence-corrected chi connectivity index (χ3v) is 1.99. The molecule has 1 heterocycles. The van der Waals surface area contributed by atoms with E-state index in [9.17, 15) is 9.59 Å². The van der Waals surface area contributed by atoms with Crippen LogP contribution >= 0.6 is 0 Å². The molecule has 1 aromatic rings. The van der Waals surface area contributed by atoms with Crippen LogP contribution in [0, 0.1) is 0 Å². The zero-order chi connectivity index (χ0) is 11.4. The second kappa shape index (κ2) is 4.59. The number of carbonyl (C=O) groups is 1. The van der Waals surface area contributed by atoms with E-state index in [0.717, 1.165) is 4.68 Å². The zero-order valence-corrected chi connectivity index (χ0v) is 8.73. The number of rotatable bonds is 4. The van der Waals surface area contributed by atoms with Gasteiger partial charge >= 0.3 is 0 Å². The fraction of sp³-hybridized carbons (Fsp3) is 0.444. The number of nitrogens with two attached hydrogens (primary N) is 1. The summed E-state index contributed by atoms with van der Waals surface area (Å²) < 4.78 is 1.06. The number of anilines is 1. The summed E-state index contributed by atoms with van der Waals surface area (Å²) in [5, 5.41) is 6.81. The normalized spacial score (nSPS) is 12.1. The maximum absolute atomic E-state index is 11.5. The first kappa shape index (κ1) is 11.2. The standard InChI is InChI=1S/C9H14N4O2/c1-3-11-7-4-8(14)13(12-5-7)6(2)9(10)15/h4-6,11H,3H2,1-2H3,(H2,10,15). The predicted octanol–water partition coefficient (Wildman–Crippen LogP) is -0.279. The van der Waals surface area contributed by atoms with Crippen LogP contribution in [0.3, 0.4) is 0 Å². The van der Waals surface area contributed by atoms with Crippen molar-refractivity contribution in [1.29, 1.82) is 0 Å². The van der Waals surface area contributed by atoms with Gasteiger partial charge in [0.2, 0.25) is 5.91 Å². The van der Waals surface area contributed by atoms with Crippen molar-refractivity contribution in [1.82, 2.24) is 9.78 Å². The van der Waals surface area contributed by atoms with Gasteiger partial charge in [0.05, 0.1) is 11.9 Å². The molecule has 0 saturated heterocycles. The van der Waals surface area contributed by atoms with Crippen molar-refractivity contribution in [3.05, 3.63) is 22.6 Å². The maximum atomic E-state index is 11.5. The molecule has 6 heteroatoms. The number of primary amides is 1. The van der Waals surface area contributed by atoms with E-state index in [1.54, 1.807) is 0 Å². The minimum atomic E-state index is -0.729. The molecule has 0 saturated carbocycles. The molecule has 0 bridgehead atoms. The van der Waals surface area contributed by atoms with Crippen LogP contribution in [0.15, 0.2) is 17.1 Å². The van der Waals surface area contributed by atoms with E-state index >= 15 is 0 Å². The van der Waals surface area contributed by atoms with Gasteiger partial charge in [0, 0.05) is 12.6 Å². The van der Waals surface area contributed by atoms with Crippen molar-refractivity contribution in [3.63, 3.8) is 0 Å². The summed E-state index contributed by atoms with van der Waals surface area (Å²) in [7, 11) is 0. The van der Waals surface area contributed by atoms with Crippen LogP contribution in [0.4, 0.5) is 5.69 Å². The molecule has 1 rings (SSSR count). The monoisotopic (exact) mass is 210 g/mol. The summed E-state index contributed by atoms with van der Waals surface area (Å²) in [5.74, 6) is -0.583. The SMILES string of the molecule is CCNc1cnn(C(C)C(N)=O)c(=O)c1. The summed E-state index contributed by atoms with van der Waals surface area (Å²) in [5.41, 5.74) is 5.37. The van der Waals surface area contributed by atoms with Crippen molar-refractivity contribution in [2.75, 3.05) is 11.9 Å². The molecule has 6 nitrogen and oxygen atoms in total.